The number of Topliss-reactive ketones (excluding diaryl/α,β-unsaturated/α-hetero) is 1. The molecule has 98 valence electrons. The molecule has 3 rings (SSSR count). The van der Waals surface area contributed by atoms with E-state index in [0.29, 0.717) is 13.0 Å². The van der Waals surface area contributed by atoms with Crippen molar-refractivity contribution in [2.75, 3.05) is 6.61 Å². The number of hydrogen-bond donors (Lipinski definition) is 0. The fourth-order valence-corrected chi connectivity index (χ4v) is 2.68. The average Bonchev–Trinajstić information content (AvgIpc) is 2.85. The third-order valence-corrected chi connectivity index (χ3v) is 3.53. The first-order chi connectivity index (χ1) is 9.31. The van der Waals surface area contributed by atoms with Gasteiger partial charge in [-0.25, -0.2) is 0 Å². The van der Waals surface area contributed by atoms with Gasteiger partial charge < -0.3 is 9.30 Å². The van der Waals surface area contributed by atoms with Crippen molar-refractivity contribution in [3.8, 4) is 11.4 Å². The van der Waals surface area contributed by atoms with Crippen LogP contribution in [0.5, 0.6) is 5.75 Å². The van der Waals surface area contributed by atoms with E-state index in [1.807, 2.05) is 43.5 Å². The second-order valence-corrected chi connectivity index (χ2v) is 4.72. The van der Waals surface area contributed by atoms with Crippen molar-refractivity contribution < 1.29 is 9.53 Å². The largest absolute Gasteiger partial charge is 0.492 e. The van der Waals surface area contributed by atoms with Crippen molar-refractivity contribution >= 4 is 5.78 Å². The predicted molar refractivity (Wildman–Crippen MR) is 74.2 cm³/mol. The third-order valence-electron chi connectivity index (χ3n) is 3.53. The van der Waals surface area contributed by atoms with E-state index in [4.69, 9.17) is 4.74 Å². The topological polar surface area (TPSA) is 31.2 Å². The van der Waals surface area contributed by atoms with E-state index in [0.717, 1.165) is 35.5 Å². The molecule has 0 aliphatic heterocycles. The lowest BCUT2D eigenvalue weighted by Crippen LogP contribution is -2.12. The standard InChI is InChI=1S/C16H17NO2/c1-2-19-16-9-4-3-6-14(16)17-11-10-12-13(17)7-5-8-15(12)18/h3-4,6,9-11H,2,5,7-8H2,1H3. The summed E-state index contributed by atoms with van der Waals surface area (Å²) < 4.78 is 7.77. The normalized spacial score (nSPS) is 14.3. The van der Waals surface area contributed by atoms with Gasteiger partial charge >= 0.3 is 0 Å². The summed E-state index contributed by atoms with van der Waals surface area (Å²) >= 11 is 0. The molecule has 3 heteroatoms. The van der Waals surface area contributed by atoms with Crippen LogP contribution in [0.1, 0.15) is 35.8 Å². The Morgan fingerprint density at radius 2 is 2.05 bits per heavy atom. The van der Waals surface area contributed by atoms with E-state index in [2.05, 4.69) is 4.57 Å². The Morgan fingerprint density at radius 3 is 2.89 bits per heavy atom. The zero-order valence-electron chi connectivity index (χ0n) is 11.1. The molecule has 0 saturated carbocycles. The van der Waals surface area contributed by atoms with Gasteiger partial charge in [-0.15, -0.1) is 0 Å². The van der Waals surface area contributed by atoms with Crippen molar-refractivity contribution in [2.45, 2.75) is 26.2 Å². The summed E-state index contributed by atoms with van der Waals surface area (Å²) in [5.74, 6) is 1.12. The average molecular weight is 255 g/mol. The minimum absolute atomic E-state index is 0.258. The Hall–Kier alpha value is -2.03. The molecule has 2 aromatic rings. The second-order valence-electron chi connectivity index (χ2n) is 4.72. The molecule has 0 N–H and O–H groups in total. The molecule has 1 aliphatic carbocycles. The van der Waals surface area contributed by atoms with Crippen LogP contribution in [0.3, 0.4) is 0 Å². The fraction of sp³-hybridized carbons (Fsp3) is 0.312. The van der Waals surface area contributed by atoms with Crippen molar-refractivity contribution in [1.82, 2.24) is 4.57 Å². The lowest BCUT2D eigenvalue weighted by Gasteiger charge is -2.17. The minimum Gasteiger partial charge on any atom is -0.492 e. The molecule has 0 spiro atoms. The highest BCUT2D eigenvalue weighted by Crippen LogP contribution is 2.29. The molecule has 0 amide bonds. The van der Waals surface area contributed by atoms with Crippen LogP contribution < -0.4 is 4.74 Å². The number of para-hydroxylation sites is 2. The van der Waals surface area contributed by atoms with Crippen LogP contribution in [-0.2, 0) is 6.42 Å². The van der Waals surface area contributed by atoms with Gasteiger partial charge in [-0.2, -0.15) is 0 Å². The molecule has 1 heterocycles. The van der Waals surface area contributed by atoms with Crippen molar-refractivity contribution in [1.29, 1.82) is 0 Å². The van der Waals surface area contributed by atoms with E-state index < -0.39 is 0 Å². The summed E-state index contributed by atoms with van der Waals surface area (Å²) in [7, 11) is 0. The number of hydrogen-bond acceptors (Lipinski definition) is 2. The van der Waals surface area contributed by atoms with Crippen LogP contribution in [0.2, 0.25) is 0 Å². The summed E-state index contributed by atoms with van der Waals surface area (Å²) in [4.78, 5) is 11.9. The number of ketones is 1. The summed E-state index contributed by atoms with van der Waals surface area (Å²) in [5.41, 5.74) is 3.00. The van der Waals surface area contributed by atoms with E-state index in [9.17, 15) is 4.79 Å². The van der Waals surface area contributed by atoms with Crippen LogP contribution in [0.25, 0.3) is 5.69 Å². The first-order valence-electron chi connectivity index (χ1n) is 6.77. The van der Waals surface area contributed by atoms with Crippen LogP contribution in [0.15, 0.2) is 36.5 Å². The molecule has 1 aliphatic rings. The van der Waals surface area contributed by atoms with Gasteiger partial charge in [-0.3, -0.25) is 4.79 Å². The van der Waals surface area contributed by atoms with Gasteiger partial charge in [0.05, 0.1) is 12.3 Å². The van der Waals surface area contributed by atoms with Gasteiger partial charge in [0.2, 0.25) is 0 Å². The molecule has 0 bridgehead atoms. The number of nitrogens with zero attached hydrogens (tertiary/aromatic N) is 1. The maximum atomic E-state index is 11.9. The third kappa shape index (κ3) is 2.05. The monoisotopic (exact) mass is 255 g/mol. The van der Waals surface area contributed by atoms with Crippen LogP contribution in [0.4, 0.5) is 0 Å². The maximum Gasteiger partial charge on any atom is 0.164 e. The van der Waals surface area contributed by atoms with Gasteiger partial charge in [-0.1, -0.05) is 12.1 Å². The summed E-state index contributed by atoms with van der Waals surface area (Å²) in [6, 6.07) is 9.89. The molecule has 0 radical (unpaired) electrons. The zero-order chi connectivity index (χ0) is 13.2. The SMILES string of the molecule is CCOc1ccccc1-n1ccc2c1CCCC2=O. The molecular formula is C16H17NO2. The molecule has 1 aromatic heterocycles. The first kappa shape index (κ1) is 12.0. The number of ether oxygens (including phenoxy) is 1. The maximum absolute atomic E-state index is 11.9. The first-order valence-corrected chi connectivity index (χ1v) is 6.77. The Bertz CT molecular complexity index is 613. The molecule has 0 saturated heterocycles. The molecular weight excluding hydrogens is 238 g/mol. The second kappa shape index (κ2) is 4.92. The van der Waals surface area contributed by atoms with Crippen molar-refractivity contribution in [3.63, 3.8) is 0 Å². The minimum atomic E-state index is 0.258. The number of rotatable bonds is 3. The van der Waals surface area contributed by atoms with Gasteiger partial charge in [0.15, 0.2) is 5.78 Å². The molecule has 0 atom stereocenters. The number of carbonyl (C=O) groups excluding carboxylic acids is 1. The summed E-state index contributed by atoms with van der Waals surface area (Å²) in [6.07, 6.45) is 4.54. The van der Waals surface area contributed by atoms with Gasteiger partial charge in [0, 0.05) is 23.9 Å². The van der Waals surface area contributed by atoms with Crippen LogP contribution in [-0.4, -0.2) is 17.0 Å². The fourth-order valence-electron chi connectivity index (χ4n) is 2.68. The Labute approximate surface area is 112 Å². The van der Waals surface area contributed by atoms with Gasteiger partial charge in [0.25, 0.3) is 0 Å². The highest BCUT2D eigenvalue weighted by Gasteiger charge is 2.21. The predicted octanol–water partition coefficient (Wildman–Crippen LogP) is 3.40. The number of fused-ring (bicyclic) bond motifs is 1. The van der Waals surface area contributed by atoms with Crippen molar-refractivity contribution in [3.05, 3.63) is 47.8 Å². The highest BCUT2D eigenvalue weighted by molar-refractivity contribution is 5.98. The van der Waals surface area contributed by atoms with Crippen LogP contribution in [0, 0.1) is 0 Å². The smallest absolute Gasteiger partial charge is 0.164 e. The Balaban J connectivity index is 2.10. The summed E-state index contributed by atoms with van der Waals surface area (Å²) in [6.45, 7) is 2.62. The molecule has 0 unspecified atom stereocenters. The van der Waals surface area contributed by atoms with Crippen molar-refractivity contribution in [2.24, 2.45) is 0 Å². The van der Waals surface area contributed by atoms with Crippen LogP contribution >= 0.6 is 0 Å². The number of carbonyl (C=O) groups is 1. The van der Waals surface area contributed by atoms with E-state index in [1.165, 1.54) is 0 Å². The zero-order valence-corrected chi connectivity index (χ0v) is 11.1. The van der Waals surface area contributed by atoms with Gasteiger partial charge in [0.1, 0.15) is 5.75 Å². The van der Waals surface area contributed by atoms with Gasteiger partial charge in [-0.05, 0) is 38.0 Å². The van der Waals surface area contributed by atoms with E-state index in [1.54, 1.807) is 0 Å². The Kier molecular flexibility index (Phi) is 3.11. The lowest BCUT2D eigenvalue weighted by atomic mass is 9.97. The highest BCUT2D eigenvalue weighted by atomic mass is 16.5. The number of benzene rings is 1. The molecule has 3 nitrogen and oxygen atoms in total. The van der Waals surface area contributed by atoms with E-state index >= 15 is 0 Å². The molecule has 1 aromatic carbocycles. The molecule has 0 fully saturated rings. The molecule has 19 heavy (non-hydrogen) atoms. The summed E-state index contributed by atoms with van der Waals surface area (Å²) in [5, 5.41) is 0. The Morgan fingerprint density at radius 1 is 1.21 bits per heavy atom. The quantitative estimate of drug-likeness (QED) is 0.841. The lowest BCUT2D eigenvalue weighted by molar-refractivity contribution is 0.0972. The van der Waals surface area contributed by atoms with E-state index in [-0.39, 0.29) is 5.78 Å². The number of aromatic nitrogens is 1.